The van der Waals surface area contributed by atoms with E-state index in [0.29, 0.717) is 37.6 Å². The average Bonchev–Trinajstić information content (AvgIpc) is 2.77. The summed E-state index contributed by atoms with van der Waals surface area (Å²) in [6.45, 7) is 4.20. The van der Waals surface area contributed by atoms with E-state index >= 15 is 0 Å². The van der Waals surface area contributed by atoms with Gasteiger partial charge in [-0.05, 0) is 37.5 Å². The van der Waals surface area contributed by atoms with Crippen LogP contribution < -0.4 is 10.1 Å². The smallest absolute Gasteiger partial charge is 0.255 e. The summed E-state index contributed by atoms with van der Waals surface area (Å²) in [6.07, 6.45) is 1.77. The predicted molar refractivity (Wildman–Crippen MR) is 111 cm³/mol. The zero-order chi connectivity index (χ0) is 20.5. The number of hydrogen-bond acceptors (Lipinski definition) is 4. The Balaban J connectivity index is 1.41. The lowest BCUT2D eigenvalue weighted by Crippen LogP contribution is -2.45. The zero-order valence-electron chi connectivity index (χ0n) is 16.8. The van der Waals surface area contributed by atoms with E-state index in [-0.39, 0.29) is 24.5 Å². The fraction of sp³-hybridized carbons (Fsp3) is 0.391. The topological polar surface area (TPSA) is 67.9 Å². The van der Waals surface area contributed by atoms with Crippen LogP contribution in [0.25, 0.3) is 0 Å². The Labute approximate surface area is 171 Å². The molecule has 1 aliphatic heterocycles. The fourth-order valence-corrected chi connectivity index (χ4v) is 3.36. The molecule has 0 aromatic heterocycles. The minimum Gasteiger partial charge on any atom is -0.493 e. The van der Waals surface area contributed by atoms with E-state index in [4.69, 9.17) is 9.47 Å². The first-order chi connectivity index (χ1) is 14.2. The summed E-state index contributed by atoms with van der Waals surface area (Å²) in [5.74, 6) is 0.147. The molecule has 2 aromatic rings. The predicted octanol–water partition coefficient (Wildman–Crippen LogP) is 3.02. The van der Waals surface area contributed by atoms with Gasteiger partial charge >= 0.3 is 0 Å². The molecule has 3 rings (SSSR count). The minimum atomic E-state index is -0.302. The Kier molecular flexibility index (Phi) is 7.64. The van der Waals surface area contributed by atoms with Crippen molar-refractivity contribution in [1.29, 1.82) is 0 Å². The molecule has 0 unspecified atom stereocenters. The monoisotopic (exact) mass is 396 g/mol. The molecule has 1 heterocycles. The van der Waals surface area contributed by atoms with Crippen LogP contribution >= 0.6 is 0 Å². The number of hydrogen-bond donors (Lipinski definition) is 1. The molecule has 1 N–H and O–H groups in total. The van der Waals surface area contributed by atoms with Crippen LogP contribution in [0.3, 0.4) is 0 Å². The number of rotatable bonds is 8. The molecule has 2 aromatic carbocycles. The molecule has 1 aliphatic rings. The van der Waals surface area contributed by atoms with E-state index in [9.17, 15) is 9.59 Å². The van der Waals surface area contributed by atoms with Crippen LogP contribution in [0.15, 0.2) is 54.6 Å². The average molecular weight is 396 g/mol. The number of benzene rings is 2. The highest BCUT2D eigenvalue weighted by molar-refractivity contribution is 5.98. The van der Waals surface area contributed by atoms with Crippen LogP contribution in [0.2, 0.25) is 0 Å². The van der Waals surface area contributed by atoms with E-state index in [1.807, 2.05) is 43.3 Å². The lowest BCUT2D eigenvalue weighted by Gasteiger charge is -2.32. The van der Waals surface area contributed by atoms with Gasteiger partial charge in [0.1, 0.15) is 5.75 Å². The number of likely N-dealkylation sites (tertiary alicyclic amines) is 1. The molecule has 154 valence electrons. The number of nitrogens with one attached hydrogen (secondary N) is 1. The molecule has 0 atom stereocenters. The number of carbonyl (C=O) groups excluding carboxylic acids is 2. The van der Waals surface area contributed by atoms with Crippen molar-refractivity contribution in [2.45, 2.75) is 32.5 Å². The Morgan fingerprint density at radius 1 is 1.03 bits per heavy atom. The SMILES string of the molecule is CCOc1ccccc1C(=O)NCC(=O)N1CCC(OCc2ccccc2)CC1. The van der Waals surface area contributed by atoms with Gasteiger partial charge in [0.2, 0.25) is 5.91 Å². The van der Waals surface area contributed by atoms with Crippen molar-refractivity contribution in [3.8, 4) is 5.75 Å². The van der Waals surface area contributed by atoms with Gasteiger partial charge in [-0.2, -0.15) is 0 Å². The Morgan fingerprint density at radius 3 is 2.45 bits per heavy atom. The van der Waals surface area contributed by atoms with Crippen molar-refractivity contribution < 1.29 is 19.1 Å². The number of amides is 2. The molecule has 6 heteroatoms. The Morgan fingerprint density at radius 2 is 1.72 bits per heavy atom. The quantitative estimate of drug-likeness (QED) is 0.745. The van der Waals surface area contributed by atoms with E-state index in [1.165, 1.54) is 0 Å². The molecular formula is C23H28N2O4. The fourth-order valence-electron chi connectivity index (χ4n) is 3.36. The summed E-state index contributed by atoms with van der Waals surface area (Å²) in [5, 5.41) is 2.71. The Bertz CT molecular complexity index is 802. The number of para-hydroxylation sites is 1. The normalized spacial score (nSPS) is 14.4. The summed E-state index contributed by atoms with van der Waals surface area (Å²) in [7, 11) is 0. The molecule has 1 fully saturated rings. The second-order valence-electron chi connectivity index (χ2n) is 6.99. The van der Waals surface area contributed by atoms with Crippen molar-refractivity contribution in [3.05, 3.63) is 65.7 Å². The van der Waals surface area contributed by atoms with Gasteiger partial charge in [0.05, 0.1) is 31.4 Å². The summed E-state index contributed by atoms with van der Waals surface area (Å²) in [6, 6.07) is 17.1. The second kappa shape index (κ2) is 10.6. The van der Waals surface area contributed by atoms with Crippen LogP contribution in [0, 0.1) is 0 Å². The first kappa shape index (κ1) is 20.9. The van der Waals surface area contributed by atoms with Crippen LogP contribution in [0.4, 0.5) is 0 Å². The van der Waals surface area contributed by atoms with Gasteiger partial charge < -0.3 is 19.7 Å². The summed E-state index contributed by atoms with van der Waals surface area (Å²) < 4.78 is 11.4. The molecule has 6 nitrogen and oxygen atoms in total. The summed E-state index contributed by atoms with van der Waals surface area (Å²) in [5.41, 5.74) is 1.59. The van der Waals surface area contributed by atoms with E-state index < -0.39 is 0 Å². The number of carbonyl (C=O) groups is 2. The molecule has 1 saturated heterocycles. The maximum Gasteiger partial charge on any atom is 0.255 e. The zero-order valence-corrected chi connectivity index (χ0v) is 16.8. The molecule has 2 amide bonds. The van der Waals surface area contributed by atoms with Gasteiger partial charge in [-0.3, -0.25) is 9.59 Å². The highest BCUT2D eigenvalue weighted by Gasteiger charge is 2.23. The van der Waals surface area contributed by atoms with Gasteiger partial charge in [0, 0.05) is 13.1 Å². The third kappa shape index (κ3) is 6.06. The van der Waals surface area contributed by atoms with Crippen LogP contribution in [0.5, 0.6) is 5.75 Å². The standard InChI is InChI=1S/C23H28N2O4/c1-2-28-21-11-7-6-10-20(21)23(27)24-16-22(26)25-14-12-19(13-15-25)29-17-18-8-4-3-5-9-18/h3-11,19H,2,12-17H2,1H3,(H,24,27). The number of piperidine rings is 1. The number of nitrogens with zero attached hydrogens (tertiary/aromatic N) is 1. The van der Waals surface area contributed by atoms with Crippen LogP contribution in [-0.4, -0.2) is 49.1 Å². The van der Waals surface area contributed by atoms with Crippen LogP contribution in [-0.2, 0) is 16.1 Å². The molecule has 0 bridgehead atoms. The summed E-state index contributed by atoms with van der Waals surface area (Å²) >= 11 is 0. The van der Waals surface area contributed by atoms with Gasteiger partial charge in [-0.15, -0.1) is 0 Å². The maximum absolute atomic E-state index is 12.5. The van der Waals surface area contributed by atoms with Crippen LogP contribution in [0.1, 0.15) is 35.7 Å². The van der Waals surface area contributed by atoms with Gasteiger partial charge in [0.15, 0.2) is 0 Å². The molecule has 0 radical (unpaired) electrons. The van der Waals surface area contributed by atoms with Crippen molar-refractivity contribution in [3.63, 3.8) is 0 Å². The lowest BCUT2D eigenvalue weighted by molar-refractivity contribution is -0.132. The highest BCUT2D eigenvalue weighted by atomic mass is 16.5. The lowest BCUT2D eigenvalue weighted by atomic mass is 10.1. The van der Waals surface area contributed by atoms with Crippen molar-refractivity contribution in [2.24, 2.45) is 0 Å². The first-order valence-corrected chi connectivity index (χ1v) is 10.1. The van der Waals surface area contributed by atoms with Crippen molar-refractivity contribution in [1.82, 2.24) is 10.2 Å². The molecule has 0 aliphatic carbocycles. The van der Waals surface area contributed by atoms with Gasteiger partial charge in [-0.1, -0.05) is 42.5 Å². The minimum absolute atomic E-state index is 0.0190. The summed E-state index contributed by atoms with van der Waals surface area (Å²) in [4.78, 5) is 26.7. The van der Waals surface area contributed by atoms with Gasteiger partial charge in [0.25, 0.3) is 5.91 Å². The highest BCUT2D eigenvalue weighted by Crippen LogP contribution is 2.18. The third-order valence-electron chi connectivity index (χ3n) is 4.95. The van der Waals surface area contributed by atoms with Crippen molar-refractivity contribution >= 4 is 11.8 Å². The number of ether oxygens (including phenoxy) is 2. The molecular weight excluding hydrogens is 368 g/mol. The van der Waals surface area contributed by atoms with E-state index in [2.05, 4.69) is 5.32 Å². The second-order valence-corrected chi connectivity index (χ2v) is 6.99. The maximum atomic E-state index is 12.5. The molecule has 29 heavy (non-hydrogen) atoms. The molecule has 0 spiro atoms. The largest absolute Gasteiger partial charge is 0.493 e. The Hall–Kier alpha value is -2.86. The van der Waals surface area contributed by atoms with Gasteiger partial charge in [-0.25, -0.2) is 0 Å². The van der Waals surface area contributed by atoms with E-state index in [0.717, 1.165) is 18.4 Å². The van der Waals surface area contributed by atoms with Crippen molar-refractivity contribution in [2.75, 3.05) is 26.2 Å². The first-order valence-electron chi connectivity index (χ1n) is 10.1. The van der Waals surface area contributed by atoms with E-state index in [1.54, 1.807) is 23.1 Å². The molecule has 0 saturated carbocycles. The third-order valence-corrected chi connectivity index (χ3v) is 4.95.